The molecule has 0 amide bonds. The number of carbonyl (C=O) groups is 1. The van der Waals surface area contributed by atoms with Crippen LogP contribution in [-0.2, 0) is 0 Å². The first kappa shape index (κ1) is 92.1. The summed E-state index contributed by atoms with van der Waals surface area (Å²) in [6.07, 6.45) is -71.8. The van der Waals surface area contributed by atoms with Gasteiger partial charge in [0.2, 0.25) is 34.5 Å². The maximum absolute atomic E-state index is 14.8. The van der Waals surface area contributed by atoms with Crippen molar-refractivity contribution in [3.05, 3.63) is 59.2 Å². The van der Waals surface area contributed by atoms with E-state index in [1.54, 1.807) is 0 Å². The Morgan fingerprint density at radius 3 is 0.705 bits per heavy atom. The summed E-state index contributed by atoms with van der Waals surface area (Å²) in [7, 11) is 0. The Kier molecular flexibility index (Phi) is 25.1. The second kappa shape index (κ2) is 33.3. The number of ether oxygens (including phenoxy) is 12. The van der Waals surface area contributed by atoms with Crippen LogP contribution in [0.1, 0.15) is 21.5 Å². The predicted octanol–water partition coefficient (Wildman–Crippen LogP) is 18.6. The molecule has 8 aromatic rings. The van der Waals surface area contributed by atoms with Crippen LogP contribution >= 0.6 is 0 Å². The highest BCUT2D eigenvalue weighted by Gasteiger charge is 2.47. The van der Waals surface area contributed by atoms with Gasteiger partial charge in [-0.3, -0.25) is 4.79 Å². The molecule has 0 aliphatic carbocycles. The Hall–Kier alpha value is -12.2. The Balaban J connectivity index is 1.62. The van der Waals surface area contributed by atoms with Gasteiger partial charge in [0.15, 0.2) is 114 Å². The van der Waals surface area contributed by atoms with Gasteiger partial charge in [0, 0.05) is 50.1 Å². The molecule has 21 nitrogen and oxygen atoms in total. The summed E-state index contributed by atoms with van der Waals surface area (Å²) in [5, 5.41) is -6.27. The van der Waals surface area contributed by atoms with Crippen molar-refractivity contribution in [1.82, 2.24) is 39.9 Å². The number of hydrogen-bond acceptors (Lipinski definition) is 19. The van der Waals surface area contributed by atoms with Gasteiger partial charge in [0.1, 0.15) is 6.29 Å². The number of aromatic nitrogens is 8. The van der Waals surface area contributed by atoms with Gasteiger partial charge in [-0.2, -0.15) is 158 Å². The average Bonchev–Trinajstić information content (AvgIpc) is 1.53. The summed E-state index contributed by atoms with van der Waals surface area (Å²) in [4.78, 5) is 42.0. The summed E-state index contributed by atoms with van der Waals surface area (Å²) in [6.45, 7) is -37.3. The van der Waals surface area contributed by atoms with E-state index in [4.69, 9.17) is 28.4 Å². The number of halogens is 36. The van der Waals surface area contributed by atoms with Crippen molar-refractivity contribution >= 4 is 50.4 Å². The Morgan fingerprint density at radius 1 is 0.246 bits per heavy atom. The molecule has 0 fully saturated rings. The molecule has 8 bridgehead atoms. The van der Waals surface area contributed by atoms with Crippen LogP contribution in [-0.4, -0.2) is 190 Å². The monoisotopic (exact) mass is 1820 g/mol. The topological polar surface area (TPSA) is 233 Å². The number of hydrogen-bond donors (Lipinski definition) is 0. The van der Waals surface area contributed by atoms with Crippen molar-refractivity contribution in [2.75, 3.05) is 79.3 Å². The molecule has 122 heavy (non-hydrogen) atoms. The quantitative estimate of drug-likeness (QED) is 0.0294. The molecule has 0 unspecified atom stereocenters. The van der Waals surface area contributed by atoms with Gasteiger partial charge in [-0.1, -0.05) is 30.0 Å². The standard InChI is InChI=1S/C65H33F36N8O13/c66-54(67,68)11-111-34-28-30(36(113-13-56(72,73)74)42(119-19-62(90,91)92)40(34)117-17-60(84,85)86)50-105-48(28)103-46-26-8-7-24(4-1-23-2-5-25(10-110)6-3-23)9-27(26)47(102-46)104-49-29-31(37(114-14-57(75,76)77)43(120-20-63(93,94)95)41(118-18-61(87,88)89)35(29)112-12-55(69,70)71)51(106-49)108-53-33-32(52(107-50)109-53)38(115-15-58(78,79)80)44(121-21-64(96,97)98)45(122-22-65(99,100)101)39(33)116-16-59(81,82)83/h2-3,5-10H,11-22H2,(H-,102,103,104,105,106,107,108,109,110)/q-1/p-1. The summed E-state index contributed by atoms with van der Waals surface area (Å²) in [6, 6.07) is 7.05. The van der Waals surface area contributed by atoms with Gasteiger partial charge >= 0.3 is 74.1 Å². The van der Waals surface area contributed by atoms with Gasteiger partial charge in [0.05, 0.1) is 45.6 Å². The lowest BCUT2D eigenvalue weighted by Crippen LogP contribution is -2.25. The summed E-state index contributed by atoms with van der Waals surface area (Å²) in [5.41, 5.74) is -15.9. The van der Waals surface area contributed by atoms with E-state index in [0.717, 1.165) is 18.2 Å². The zero-order valence-electron chi connectivity index (χ0n) is 58.1. The largest absolute Gasteiger partial charge is 0.479 e. The number of rotatable bonds is 25. The zero-order valence-corrected chi connectivity index (χ0v) is 58.1. The molecule has 5 aromatic carbocycles. The van der Waals surface area contributed by atoms with E-state index < -0.39 is 318 Å². The first-order valence-corrected chi connectivity index (χ1v) is 31.9. The van der Waals surface area contributed by atoms with E-state index in [0.29, 0.717) is 6.29 Å². The maximum Gasteiger partial charge on any atom is 0.422 e. The van der Waals surface area contributed by atoms with Gasteiger partial charge < -0.3 is 86.7 Å². The molecule has 57 heteroatoms. The molecular weight excluding hydrogens is 1780 g/mol. The minimum Gasteiger partial charge on any atom is -0.479 e. The van der Waals surface area contributed by atoms with E-state index >= 15 is 0 Å². The SMILES string of the molecule is O=Cc1ccc(C#Cc2ccc3c4nc5nc(nc6[n-]c(nc7nc(nc([n-]4)c3c2)-c2c(OCC(F)(F)F)c(OCC(F)(F)F)c(OCC(F)(F)F)c(OCC(F)(F)F)c2-7)c2c(OCC(F)(F)F)c(OCC(F)(F)F)c(OCC(F)(F)F)c(OCC(F)(F)F)c62)-c2c(OCC(F)(F)F)c(OCC(F)(F)F)c(OCC(F)(F)F)c(OCC(F)(F)F)c2-5)cc1. The van der Waals surface area contributed by atoms with Crippen LogP contribution in [0.4, 0.5) is 158 Å². The fourth-order valence-corrected chi connectivity index (χ4v) is 10.4. The molecule has 0 atom stereocenters. The van der Waals surface area contributed by atoms with Gasteiger partial charge in [-0.15, -0.1) is 0 Å². The fourth-order valence-electron chi connectivity index (χ4n) is 10.4. The second-order valence-electron chi connectivity index (χ2n) is 24.3. The van der Waals surface area contributed by atoms with E-state index in [1.807, 2.05) is 0 Å². The smallest absolute Gasteiger partial charge is 0.422 e. The summed E-state index contributed by atoms with van der Waals surface area (Å²) >= 11 is 0. The molecule has 10 rings (SSSR count). The molecule has 2 aliphatic rings. The number of aldehydes is 1. The minimum atomic E-state index is -6.11. The highest BCUT2D eigenvalue weighted by molar-refractivity contribution is 6.15. The summed E-state index contributed by atoms with van der Waals surface area (Å²) in [5.74, 6) is -32.5. The molecular formula is C65H32F36N8O13-2. The third kappa shape index (κ3) is 24.1. The van der Waals surface area contributed by atoms with E-state index in [2.05, 4.69) is 80.1 Å². The Morgan fingerprint density at radius 2 is 0.451 bits per heavy atom. The number of alkyl halides is 36. The van der Waals surface area contributed by atoms with Crippen LogP contribution in [0.5, 0.6) is 69.0 Å². The number of benzene rings is 5. The predicted molar refractivity (Wildman–Crippen MR) is 330 cm³/mol. The molecule has 2 aliphatic heterocycles. The highest BCUT2D eigenvalue weighted by atomic mass is 19.5. The summed E-state index contributed by atoms with van der Waals surface area (Å²) < 4.78 is 581. The normalized spacial score (nSPS) is 13.3. The van der Waals surface area contributed by atoms with Crippen molar-refractivity contribution in [1.29, 1.82) is 0 Å². The Bertz CT molecular complexity index is 5500. The third-order valence-corrected chi connectivity index (χ3v) is 14.5. The first-order valence-electron chi connectivity index (χ1n) is 31.9. The lowest BCUT2D eigenvalue weighted by atomic mass is 10.0. The van der Waals surface area contributed by atoms with Crippen LogP contribution < -0.4 is 66.8 Å². The van der Waals surface area contributed by atoms with Crippen LogP contribution in [0.3, 0.4) is 0 Å². The van der Waals surface area contributed by atoms with Gasteiger partial charge in [0.25, 0.3) is 0 Å². The lowest BCUT2D eigenvalue weighted by Gasteiger charge is -2.25. The number of fused-ring (bicyclic) bond motifs is 20. The molecule has 3 aromatic heterocycles. The van der Waals surface area contributed by atoms with E-state index in [9.17, 15) is 163 Å². The zero-order chi connectivity index (χ0) is 90.6. The van der Waals surface area contributed by atoms with Crippen LogP contribution in [0.15, 0.2) is 42.5 Å². The fraction of sp³-hybridized carbons (Fsp3) is 0.369. The van der Waals surface area contributed by atoms with Crippen molar-refractivity contribution < 1.29 is 220 Å². The van der Waals surface area contributed by atoms with Crippen molar-refractivity contribution in [3.63, 3.8) is 0 Å². The average molecular weight is 1820 g/mol. The first-order chi connectivity index (χ1) is 55.9. The second-order valence-corrected chi connectivity index (χ2v) is 24.3. The molecule has 664 valence electrons. The van der Waals surface area contributed by atoms with Crippen LogP contribution in [0.25, 0.3) is 89.7 Å². The number of carbonyl (C=O) groups excluding carboxylic acids is 1. The lowest BCUT2D eigenvalue weighted by molar-refractivity contribution is -0.162. The third-order valence-electron chi connectivity index (χ3n) is 14.5. The Labute approximate surface area is 647 Å². The van der Waals surface area contributed by atoms with Crippen molar-refractivity contribution in [3.8, 4) is 126 Å². The minimum absolute atomic E-state index is 0.0124. The molecule has 0 radical (unpaired) electrons. The number of nitrogens with zero attached hydrogens (tertiary/aromatic N) is 8. The van der Waals surface area contributed by atoms with Gasteiger partial charge in [-0.05, 0) is 35.0 Å². The highest BCUT2D eigenvalue weighted by Crippen LogP contribution is 2.62. The van der Waals surface area contributed by atoms with E-state index in [1.165, 1.54) is 24.3 Å². The molecule has 5 heterocycles. The van der Waals surface area contributed by atoms with Crippen molar-refractivity contribution in [2.45, 2.75) is 74.1 Å². The van der Waals surface area contributed by atoms with Crippen LogP contribution in [0.2, 0.25) is 0 Å². The maximum atomic E-state index is 14.8. The van der Waals surface area contributed by atoms with Gasteiger partial charge in [-0.25, -0.2) is 9.97 Å². The molecule has 0 spiro atoms. The molecule has 0 saturated heterocycles. The van der Waals surface area contributed by atoms with E-state index in [-0.39, 0.29) is 11.1 Å². The van der Waals surface area contributed by atoms with Crippen LogP contribution in [0, 0.1) is 11.8 Å². The van der Waals surface area contributed by atoms with Crippen molar-refractivity contribution in [2.24, 2.45) is 0 Å². The molecule has 0 N–H and O–H groups in total. The molecule has 0 saturated carbocycles.